The SMILES string of the molecule is CCC[C@@H](N)C(=O)NCCCCSC. The van der Waals surface area contributed by atoms with Crippen molar-refractivity contribution in [2.75, 3.05) is 18.6 Å². The van der Waals surface area contributed by atoms with E-state index in [-0.39, 0.29) is 11.9 Å². The lowest BCUT2D eigenvalue weighted by Gasteiger charge is -2.10. The Kier molecular flexibility index (Phi) is 9.19. The maximum absolute atomic E-state index is 11.3. The Balaban J connectivity index is 3.34. The maximum atomic E-state index is 11.3. The lowest BCUT2D eigenvalue weighted by molar-refractivity contribution is -0.122. The molecule has 0 saturated heterocycles. The molecule has 0 aromatic carbocycles. The smallest absolute Gasteiger partial charge is 0.236 e. The highest BCUT2D eigenvalue weighted by molar-refractivity contribution is 7.98. The van der Waals surface area contributed by atoms with Crippen LogP contribution in [0.25, 0.3) is 0 Å². The van der Waals surface area contributed by atoms with Crippen molar-refractivity contribution in [1.82, 2.24) is 5.32 Å². The zero-order chi connectivity index (χ0) is 10.8. The van der Waals surface area contributed by atoms with Crippen LogP contribution in [0.15, 0.2) is 0 Å². The summed E-state index contributed by atoms with van der Waals surface area (Å²) >= 11 is 1.84. The molecule has 4 heteroatoms. The van der Waals surface area contributed by atoms with Crippen molar-refractivity contribution >= 4 is 17.7 Å². The Morgan fingerprint density at radius 3 is 2.79 bits per heavy atom. The van der Waals surface area contributed by atoms with Gasteiger partial charge in [-0.25, -0.2) is 0 Å². The van der Waals surface area contributed by atoms with Crippen molar-refractivity contribution < 1.29 is 4.79 Å². The average molecular weight is 218 g/mol. The van der Waals surface area contributed by atoms with Crippen molar-refractivity contribution in [3.8, 4) is 0 Å². The van der Waals surface area contributed by atoms with Crippen LogP contribution in [0.4, 0.5) is 0 Å². The summed E-state index contributed by atoms with van der Waals surface area (Å²) < 4.78 is 0. The first-order chi connectivity index (χ1) is 6.72. The molecule has 0 saturated carbocycles. The van der Waals surface area contributed by atoms with E-state index in [1.54, 1.807) is 0 Å². The van der Waals surface area contributed by atoms with Gasteiger partial charge in [0, 0.05) is 6.54 Å². The second kappa shape index (κ2) is 9.34. The highest BCUT2D eigenvalue weighted by Crippen LogP contribution is 1.98. The molecule has 0 fully saturated rings. The Labute approximate surface area is 91.2 Å². The lowest BCUT2D eigenvalue weighted by atomic mass is 10.1. The molecule has 0 heterocycles. The molecule has 0 aliphatic rings. The fraction of sp³-hybridized carbons (Fsp3) is 0.900. The summed E-state index contributed by atoms with van der Waals surface area (Å²) in [6.45, 7) is 2.79. The zero-order valence-electron chi connectivity index (χ0n) is 9.21. The number of nitrogens with one attached hydrogen (secondary N) is 1. The summed E-state index contributed by atoms with van der Waals surface area (Å²) in [6.07, 6.45) is 6.03. The number of rotatable bonds is 8. The Morgan fingerprint density at radius 2 is 2.21 bits per heavy atom. The number of unbranched alkanes of at least 4 members (excludes halogenated alkanes) is 1. The van der Waals surface area contributed by atoms with Crippen LogP contribution < -0.4 is 11.1 Å². The third kappa shape index (κ3) is 7.21. The van der Waals surface area contributed by atoms with Gasteiger partial charge in [-0.2, -0.15) is 11.8 Å². The van der Waals surface area contributed by atoms with E-state index in [9.17, 15) is 4.79 Å². The van der Waals surface area contributed by atoms with Gasteiger partial charge in [-0.15, -0.1) is 0 Å². The highest BCUT2D eigenvalue weighted by atomic mass is 32.2. The van der Waals surface area contributed by atoms with Gasteiger partial charge in [0.1, 0.15) is 0 Å². The summed E-state index contributed by atoms with van der Waals surface area (Å²) in [6, 6.07) is -0.319. The van der Waals surface area contributed by atoms with E-state index >= 15 is 0 Å². The average Bonchev–Trinajstić information content (AvgIpc) is 2.17. The van der Waals surface area contributed by atoms with Gasteiger partial charge in [0.25, 0.3) is 0 Å². The second-order valence-electron chi connectivity index (χ2n) is 3.39. The third-order valence-electron chi connectivity index (χ3n) is 2.01. The number of hydrogen-bond acceptors (Lipinski definition) is 3. The molecule has 1 amide bonds. The van der Waals surface area contributed by atoms with E-state index in [2.05, 4.69) is 11.6 Å². The summed E-state index contributed by atoms with van der Waals surface area (Å²) in [4.78, 5) is 11.3. The molecular weight excluding hydrogens is 196 g/mol. The van der Waals surface area contributed by atoms with Crippen LogP contribution in [0.5, 0.6) is 0 Å². The van der Waals surface area contributed by atoms with Crippen LogP contribution in [-0.2, 0) is 4.79 Å². The number of carbonyl (C=O) groups is 1. The molecule has 0 aromatic heterocycles. The first-order valence-corrected chi connectivity index (χ1v) is 6.64. The van der Waals surface area contributed by atoms with Crippen LogP contribution in [0.2, 0.25) is 0 Å². The van der Waals surface area contributed by atoms with Crippen molar-refractivity contribution in [3.63, 3.8) is 0 Å². The summed E-state index contributed by atoms with van der Waals surface area (Å²) in [5, 5.41) is 2.85. The van der Waals surface area contributed by atoms with Gasteiger partial charge >= 0.3 is 0 Å². The first-order valence-electron chi connectivity index (χ1n) is 5.24. The predicted octanol–water partition coefficient (Wildman–Crippen LogP) is 1.37. The number of amides is 1. The monoisotopic (exact) mass is 218 g/mol. The van der Waals surface area contributed by atoms with Crippen LogP contribution >= 0.6 is 11.8 Å². The minimum absolute atomic E-state index is 0.00370. The molecule has 0 aromatic rings. The largest absolute Gasteiger partial charge is 0.355 e. The van der Waals surface area contributed by atoms with E-state index in [1.807, 2.05) is 18.7 Å². The predicted molar refractivity (Wildman–Crippen MR) is 63.5 cm³/mol. The minimum Gasteiger partial charge on any atom is -0.355 e. The number of carbonyl (C=O) groups excluding carboxylic acids is 1. The summed E-state index contributed by atoms with van der Waals surface area (Å²) in [5.41, 5.74) is 5.65. The van der Waals surface area contributed by atoms with Crippen LogP contribution in [0, 0.1) is 0 Å². The van der Waals surface area contributed by atoms with Gasteiger partial charge in [-0.3, -0.25) is 4.79 Å². The standard InChI is InChI=1S/C10H22N2OS/c1-3-6-9(11)10(13)12-7-4-5-8-14-2/h9H,3-8,11H2,1-2H3,(H,12,13)/t9-/m1/s1. The van der Waals surface area contributed by atoms with E-state index in [0.29, 0.717) is 0 Å². The Morgan fingerprint density at radius 1 is 1.50 bits per heavy atom. The van der Waals surface area contributed by atoms with Crippen molar-refractivity contribution in [1.29, 1.82) is 0 Å². The molecule has 3 N–H and O–H groups in total. The number of nitrogens with two attached hydrogens (primary N) is 1. The van der Waals surface area contributed by atoms with E-state index in [0.717, 1.165) is 38.0 Å². The minimum atomic E-state index is -0.319. The highest BCUT2D eigenvalue weighted by Gasteiger charge is 2.10. The Bertz CT molecular complexity index is 153. The Hall–Kier alpha value is -0.220. The fourth-order valence-corrected chi connectivity index (χ4v) is 1.65. The van der Waals surface area contributed by atoms with Gasteiger partial charge in [0.2, 0.25) is 5.91 Å². The van der Waals surface area contributed by atoms with Gasteiger partial charge in [0.05, 0.1) is 6.04 Å². The zero-order valence-corrected chi connectivity index (χ0v) is 10.0. The molecule has 0 aliphatic heterocycles. The van der Waals surface area contributed by atoms with Gasteiger partial charge in [-0.05, 0) is 31.3 Å². The molecule has 0 aliphatic carbocycles. The molecule has 0 bridgehead atoms. The van der Waals surface area contributed by atoms with Crippen molar-refractivity contribution in [3.05, 3.63) is 0 Å². The maximum Gasteiger partial charge on any atom is 0.236 e. The van der Waals surface area contributed by atoms with Gasteiger partial charge in [0.15, 0.2) is 0 Å². The molecule has 14 heavy (non-hydrogen) atoms. The number of hydrogen-bond donors (Lipinski definition) is 2. The molecule has 0 spiro atoms. The lowest BCUT2D eigenvalue weighted by Crippen LogP contribution is -2.40. The molecule has 0 radical (unpaired) electrons. The summed E-state index contributed by atoms with van der Waals surface area (Å²) in [5.74, 6) is 1.16. The summed E-state index contributed by atoms with van der Waals surface area (Å²) in [7, 11) is 0. The van der Waals surface area contributed by atoms with Crippen molar-refractivity contribution in [2.24, 2.45) is 5.73 Å². The van der Waals surface area contributed by atoms with Crippen LogP contribution in [0.1, 0.15) is 32.6 Å². The fourth-order valence-electron chi connectivity index (χ4n) is 1.16. The molecular formula is C10H22N2OS. The van der Waals surface area contributed by atoms with Crippen LogP contribution in [-0.4, -0.2) is 30.5 Å². The topological polar surface area (TPSA) is 55.1 Å². The van der Waals surface area contributed by atoms with Crippen molar-refractivity contribution in [2.45, 2.75) is 38.6 Å². The van der Waals surface area contributed by atoms with Crippen LogP contribution in [0.3, 0.4) is 0 Å². The molecule has 0 unspecified atom stereocenters. The van der Waals surface area contributed by atoms with E-state index in [1.165, 1.54) is 0 Å². The van der Waals surface area contributed by atoms with E-state index < -0.39 is 0 Å². The third-order valence-corrected chi connectivity index (χ3v) is 2.71. The van der Waals surface area contributed by atoms with Gasteiger partial charge in [-0.1, -0.05) is 13.3 Å². The number of thioether (sulfide) groups is 1. The first kappa shape index (κ1) is 13.8. The second-order valence-corrected chi connectivity index (χ2v) is 4.37. The quantitative estimate of drug-likeness (QED) is 0.605. The molecule has 0 rings (SSSR count). The van der Waals surface area contributed by atoms with Gasteiger partial charge < -0.3 is 11.1 Å². The molecule has 3 nitrogen and oxygen atoms in total. The van der Waals surface area contributed by atoms with E-state index in [4.69, 9.17) is 5.73 Å². The molecule has 84 valence electrons. The molecule has 1 atom stereocenters. The normalized spacial score (nSPS) is 12.5.